The fourth-order valence-electron chi connectivity index (χ4n) is 3.81. The van der Waals surface area contributed by atoms with Gasteiger partial charge >= 0.3 is 0 Å². The van der Waals surface area contributed by atoms with Crippen LogP contribution in [0.5, 0.6) is 0 Å². The lowest BCUT2D eigenvalue weighted by molar-refractivity contribution is 0.149. The largest absolute Gasteiger partial charge is 0.351 e. The zero-order valence-electron chi connectivity index (χ0n) is 21.2. The molecular formula is C19H25F2N5O3S. The Morgan fingerprint density at radius 2 is 1.97 bits per heavy atom. The zero-order chi connectivity index (χ0) is 26.0. The summed E-state index contributed by atoms with van der Waals surface area (Å²) in [5.74, 6) is -0.236. The maximum atomic E-state index is 13.9. The first-order chi connectivity index (χ1) is 16.0. The summed E-state index contributed by atoms with van der Waals surface area (Å²) < 4.78 is 93.7. The van der Waals surface area contributed by atoms with E-state index in [2.05, 4.69) is 15.3 Å². The molecule has 0 bridgehead atoms. The lowest BCUT2D eigenvalue weighted by Gasteiger charge is -2.30. The molecule has 0 aromatic carbocycles. The molecule has 1 saturated heterocycles. The second-order valence-corrected chi connectivity index (χ2v) is 9.40. The molecule has 164 valence electrons. The van der Waals surface area contributed by atoms with E-state index in [4.69, 9.17) is 6.85 Å². The monoisotopic (exact) mass is 446 g/mol. The molecule has 3 heterocycles. The molecule has 2 aliphatic rings. The quantitative estimate of drug-likeness (QED) is 0.759. The zero-order valence-corrected chi connectivity index (χ0v) is 17.0. The van der Waals surface area contributed by atoms with E-state index in [0.717, 1.165) is 40.2 Å². The van der Waals surface area contributed by atoms with Crippen LogP contribution in [0.4, 0.5) is 14.7 Å². The third kappa shape index (κ3) is 4.18. The van der Waals surface area contributed by atoms with E-state index in [1.165, 1.54) is 0 Å². The highest BCUT2D eigenvalue weighted by molar-refractivity contribution is 7.88. The number of nitrogens with one attached hydrogen (secondary N) is 1. The number of hydrogen-bond donors (Lipinski definition) is 1. The Bertz CT molecular complexity index is 1290. The number of hydrogen-bond acceptors (Lipinski definition) is 6. The van der Waals surface area contributed by atoms with Crippen LogP contribution in [0.3, 0.4) is 0 Å². The topological polar surface area (TPSA) is 97.2 Å². The van der Waals surface area contributed by atoms with Crippen molar-refractivity contribution in [2.24, 2.45) is 0 Å². The lowest BCUT2D eigenvalue weighted by atomic mass is 10.1. The number of pyridine rings is 1. The van der Waals surface area contributed by atoms with E-state index in [1.54, 1.807) is 0 Å². The van der Waals surface area contributed by atoms with Gasteiger partial charge in [-0.25, -0.2) is 26.5 Å². The summed E-state index contributed by atoms with van der Waals surface area (Å²) in [6.07, 6.45) is -4.12. The number of alkyl halides is 2. The number of halogens is 2. The van der Waals surface area contributed by atoms with Gasteiger partial charge in [0.15, 0.2) is 0 Å². The van der Waals surface area contributed by atoms with Crippen LogP contribution in [0.1, 0.15) is 63.3 Å². The number of rotatable bonds is 5. The normalized spacial score (nSPS) is 25.9. The summed E-state index contributed by atoms with van der Waals surface area (Å²) >= 11 is 0. The van der Waals surface area contributed by atoms with E-state index >= 15 is 0 Å². The smallest absolute Gasteiger partial charge is 0.269 e. The van der Waals surface area contributed by atoms with Crippen LogP contribution in [0, 0.1) is 0 Å². The van der Waals surface area contributed by atoms with Crippen molar-refractivity contribution >= 4 is 27.0 Å². The van der Waals surface area contributed by atoms with Crippen LogP contribution in [-0.2, 0) is 10.0 Å². The molecule has 0 radical (unpaired) electrons. The molecule has 0 unspecified atom stereocenters. The van der Waals surface area contributed by atoms with Crippen molar-refractivity contribution in [3.8, 4) is 0 Å². The highest BCUT2D eigenvalue weighted by Crippen LogP contribution is 2.32. The van der Waals surface area contributed by atoms with Gasteiger partial charge < -0.3 is 5.32 Å². The van der Waals surface area contributed by atoms with Gasteiger partial charge in [0, 0.05) is 42.2 Å². The minimum Gasteiger partial charge on any atom is -0.351 e. The number of nitrogens with zero attached hydrogens (tertiary/aromatic N) is 4. The van der Waals surface area contributed by atoms with Crippen molar-refractivity contribution in [3.05, 3.63) is 28.2 Å². The molecule has 4 rings (SSSR count). The Balaban J connectivity index is 1.79. The number of sulfonamides is 1. The predicted octanol–water partition coefficient (Wildman–Crippen LogP) is 2.68. The van der Waals surface area contributed by atoms with Gasteiger partial charge in [-0.1, -0.05) is 12.8 Å². The van der Waals surface area contributed by atoms with E-state index < -0.39 is 65.5 Å². The van der Waals surface area contributed by atoms with Crippen molar-refractivity contribution in [2.45, 2.75) is 56.9 Å². The Labute approximate surface area is 180 Å². The number of fused-ring (bicyclic) bond motifs is 1. The highest BCUT2D eigenvalue weighted by Gasteiger charge is 2.27. The first-order valence-electron chi connectivity index (χ1n) is 12.0. The fraction of sp³-hybridized carbons (Fsp3) is 0.632. The molecule has 0 spiro atoms. The SMILES string of the molecule is [2H]C(F)(F)c1cc2cnc(NC3C([2H])([2H])CN(S(C)(=O)=O)CC3([2H])[2H])nc2n(C2CCCC2)c1=O. The maximum absolute atomic E-state index is 13.9. The van der Waals surface area contributed by atoms with Gasteiger partial charge in [0.25, 0.3) is 12.0 Å². The molecule has 1 aliphatic carbocycles. The van der Waals surface area contributed by atoms with E-state index in [9.17, 15) is 22.0 Å². The van der Waals surface area contributed by atoms with Crippen molar-refractivity contribution in [3.63, 3.8) is 0 Å². The molecule has 11 heteroatoms. The Morgan fingerprint density at radius 3 is 2.57 bits per heavy atom. The number of piperidine rings is 1. The number of aromatic nitrogens is 3. The fourth-order valence-corrected chi connectivity index (χ4v) is 4.42. The lowest BCUT2D eigenvalue weighted by Crippen LogP contribution is -2.42. The molecule has 2 aromatic heterocycles. The second kappa shape index (κ2) is 8.18. The maximum Gasteiger partial charge on any atom is 0.269 e. The average Bonchev–Trinajstić information content (AvgIpc) is 3.22. The van der Waals surface area contributed by atoms with Crippen LogP contribution in [-0.4, -0.2) is 52.6 Å². The third-order valence-electron chi connectivity index (χ3n) is 5.35. The molecule has 1 saturated carbocycles. The summed E-state index contributed by atoms with van der Waals surface area (Å²) in [6.45, 7) is -1.18. The summed E-state index contributed by atoms with van der Waals surface area (Å²) in [5, 5.41) is 2.70. The summed E-state index contributed by atoms with van der Waals surface area (Å²) in [6, 6.07) is -1.09. The van der Waals surface area contributed by atoms with Gasteiger partial charge in [-0.2, -0.15) is 4.98 Å². The molecule has 1 N–H and O–H groups in total. The number of anilines is 1. The van der Waals surface area contributed by atoms with Crippen LogP contribution < -0.4 is 10.9 Å². The molecule has 8 nitrogen and oxygen atoms in total. The average molecular weight is 447 g/mol. The van der Waals surface area contributed by atoms with E-state index in [1.807, 2.05) is 0 Å². The van der Waals surface area contributed by atoms with Gasteiger partial charge in [-0.05, 0) is 31.7 Å². The molecule has 1 aliphatic heterocycles. The Kier molecular flexibility index (Phi) is 4.26. The summed E-state index contributed by atoms with van der Waals surface area (Å²) in [4.78, 5) is 21.2. The van der Waals surface area contributed by atoms with Gasteiger partial charge in [0.1, 0.15) is 7.02 Å². The first-order valence-corrected chi connectivity index (χ1v) is 11.4. The van der Waals surface area contributed by atoms with Crippen molar-refractivity contribution in [2.75, 3.05) is 24.7 Å². The standard InChI is InChI=1S/C19H25F2N5O3S/c1-30(28,29)25-8-6-13(7-9-25)23-19-22-11-12-10-15(16(20)21)18(27)26(17(12)24-19)14-4-2-3-5-14/h10-11,13-14,16H,2-9H2,1H3,(H,22,23,24)/i6D2,7D2,16D. The van der Waals surface area contributed by atoms with Gasteiger partial charge in [-0.15, -0.1) is 0 Å². The van der Waals surface area contributed by atoms with E-state index in [-0.39, 0.29) is 17.0 Å². The molecule has 0 amide bonds. The van der Waals surface area contributed by atoms with Gasteiger partial charge in [-0.3, -0.25) is 9.36 Å². The van der Waals surface area contributed by atoms with Crippen molar-refractivity contribution in [1.29, 1.82) is 0 Å². The van der Waals surface area contributed by atoms with Crippen molar-refractivity contribution < 1.29 is 24.1 Å². The van der Waals surface area contributed by atoms with Crippen LogP contribution in [0.15, 0.2) is 17.1 Å². The van der Waals surface area contributed by atoms with Crippen LogP contribution >= 0.6 is 0 Å². The van der Waals surface area contributed by atoms with E-state index in [0.29, 0.717) is 12.8 Å². The molecular weight excluding hydrogens is 416 g/mol. The minimum atomic E-state index is -4.12. The van der Waals surface area contributed by atoms with Gasteiger partial charge in [0.2, 0.25) is 16.0 Å². The Hall–Kier alpha value is -2.14. The van der Waals surface area contributed by atoms with Gasteiger partial charge in [0.05, 0.1) is 11.8 Å². The third-order valence-corrected chi connectivity index (χ3v) is 6.55. The molecule has 2 fully saturated rings. The highest BCUT2D eigenvalue weighted by atomic mass is 32.2. The van der Waals surface area contributed by atoms with Crippen LogP contribution in [0.25, 0.3) is 11.0 Å². The summed E-state index contributed by atoms with van der Waals surface area (Å²) in [7, 11) is -3.85. The molecule has 30 heavy (non-hydrogen) atoms. The molecule has 2 aromatic rings. The van der Waals surface area contributed by atoms with Crippen molar-refractivity contribution in [1.82, 2.24) is 18.8 Å². The molecule has 0 atom stereocenters. The first kappa shape index (κ1) is 15.6. The van der Waals surface area contributed by atoms with Crippen LogP contribution in [0.2, 0.25) is 0 Å². The second-order valence-electron chi connectivity index (χ2n) is 7.42. The predicted molar refractivity (Wildman–Crippen MR) is 109 cm³/mol. The summed E-state index contributed by atoms with van der Waals surface area (Å²) in [5.41, 5.74) is -2.02. The minimum absolute atomic E-state index is 0.0158. The Morgan fingerprint density at radius 1 is 1.30 bits per heavy atom.